The largest absolute Gasteiger partial charge is 0.478 e. The second kappa shape index (κ2) is 6.80. The number of rotatable bonds is 4. The highest BCUT2D eigenvalue weighted by atomic mass is 35.5. The smallest absolute Gasteiger partial charge is 0.336 e. The molecule has 0 saturated heterocycles. The highest BCUT2D eigenvalue weighted by molar-refractivity contribution is 6.39. The van der Waals surface area contributed by atoms with Crippen molar-refractivity contribution < 1.29 is 14.3 Å². The van der Waals surface area contributed by atoms with Crippen LogP contribution in [-0.4, -0.2) is 16.1 Å². The summed E-state index contributed by atoms with van der Waals surface area (Å²) in [5.41, 5.74) is 3.86. The van der Waals surface area contributed by atoms with Gasteiger partial charge in [-0.25, -0.2) is 4.79 Å². The maximum Gasteiger partial charge on any atom is 0.336 e. The van der Waals surface area contributed by atoms with E-state index in [1.807, 2.05) is 25.1 Å². The van der Waals surface area contributed by atoms with E-state index in [2.05, 4.69) is 4.98 Å². The summed E-state index contributed by atoms with van der Waals surface area (Å²) < 4.78 is 6.05. The molecule has 0 aliphatic rings. The molecule has 4 nitrogen and oxygen atoms in total. The van der Waals surface area contributed by atoms with E-state index in [1.165, 1.54) is 0 Å². The number of aromatic amines is 1. The molecule has 2 N–H and O–H groups in total. The molecule has 27 heavy (non-hydrogen) atoms. The lowest BCUT2D eigenvalue weighted by molar-refractivity contribution is 0.0697. The van der Waals surface area contributed by atoms with Crippen molar-refractivity contribution in [1.29, 1.82) is 0 Å². The highest BCUT2D eigenvalue weighted by Crippen LogP contribution is 2.40. The van der Waals surface area contributed by atoms with Gasteiger partial charge in [-0.3, -0.25) is 0 Å². The minimum Gasteiger partial charge on any atom is -0.478 e. The summed E-state index contributed by atoms with van der Waals surface area (Å²) >= 11 is 12.8. The number of hydrogen-bond donors (Lipinski definition) is 2. The number of aromatic carboxylic acids is 1. The number of carboxylic acid groups (broad SMARTS) is 1. The molecule has 6 heteroatoms. The molecular weight excluding hydrogens is 385 g/mol. The van der Waals surface area contributed by atoms with Crippen molar-refractivity contribution in [2.75, 3.05) is 0 Å². The summed E-state index contributed by atoms with van der Waals surface area (Å²) in [7, 11) is 0. The van der Waals surface area contributed by atoms with Crippen molar-refractivity contribution in [3.05, 3.63) is 69.7 Å². The fourth-order valence-corrected chi connectivity index (χ4v) is 3.75. The minimum atomic E-state index is -0.981. The number of halogens is 2. The first-order valence-corrected chi connectivity index (χ1v) is 9.17. The van der Waals surface area contributed by atoms with Crippen molar-refractivity contribution >= 4 is 40.1 Å². The summed E-state index contributed by atoms with van der Waals surface area (Å²) in [6.45, 7) is 2.02. The predicted molar refractivity (Wildman–Crippen MR) is 108 cm³/mol. The van der Waals surface area contributed by atoms with E-state index in [4.69, 9.17) is 27.6 Å². The van der Waals surface area contributed by atoms with Gasteiger partial charge >= 0.3 is 5.97 Å². The molecule has 0 spiro atoms. The maximum atomic E-state index is 11.5. The van der Waals surface area contributed by atoms with Crippen molar-refractivity contribution in [1.82, 2.24) is 4.98 Å². The number of carbonyl (C=O) groups is 1. The minimum absolute atomic E-state index is 0.224. The Hall–Kier alpha value is -2.69. The molecule has 0 aliphatic heterocycles. The summed E-state index contributed by atoms with van der Waals surface area (Å²) in [4.78, 5) is 14.7. The third-order valence-corrected chi connectivity index (χ3v) is 5.12. The Morgan fingerprint density at radius 1 is 1.11 bits per heavy atom. The monoisotopic (exact) mass is 399 g/mol. The number of H-pyrrole nitrogens is 1. The Kier molecular flexibility index (Phi) is 4.46. The van der Waals surface area contributed by atoms with Crippen LogP contribution >= 0.6 is 23.2 Å². The van der Waals surface area contributed by atoms with Crippen LogP contribution in [0, 0.1) is 0 Å². The molecule has 0 fully saturated rings. The van der Waals surface area contributed by atoms with Gasteiger partial charge in [-0.2, -0.15) is 0 Å². The van der Waals surface area contributed by atoms with Gasteiger partial charge in [0.15, 0.2) is 5.76 Å². The summed E-state index contributed by atoms with van der Waals surface area (Å²) in [5.74, 6) is -0.478. The van der Waals surface area contributed by atoms with Crippen LogP contribution in [0.2, 0.25) is 10.0 Å². The fraction of sp³-hybridized carbons (Fsp3) is 0.0952. The average Bonchev–Trinajstić information content (AvgIpc) is 3.26. The Labute approximate surface area is 165 Å². The average molecular weight is 400 g/mol. The molecule has 2 aromatic heterocycles. The second-order valence-corrected chi connectivity index (χ2v) is 6.99. The normalized spacial score (nSPS) is 11.2. The molecule has 0 amide bonds. The lowest BCUT2D eigenvalue weighted by atomic mass is 10.1. The number of fused-ring (bicyclic) bond motifs is 1. The van der Waals surface area contributed by atoms with Gasteiger partial charge in [-0.15, -0.1) is 0 Å². The van der Waals surface area contributed by atoms with Crippen LogP contribution in [0.3, 0.4) is 0 Å². The van der Waals surface area contributed by atoms with Crippen LogP contribution in [0.5, 0.6) is 0 Å². The quantitative estimate of drug-likeness (QED) is 0.402. The topological polar surface area (TPSA) is 66.2 Å². The van der Waals surface area contributed by atoms with E-state index in [1.54, 1.807) is 30.3 Å². The first-order chi connectivity index (χ1) is 13.0. The van der Waals surface area contributed by atoms with E-state index in [0.29, 0.717) is 38.3 Å². The molecular formula is C21H15Cl2NO3. The first kappa shape index (κ1) is 17.7. The molecule has 2 heterocycles. The van der Waals surface area contributed by atoms with Gasteiger partial charge in [-0.05, 0) is 42.3 Å². The molecule has 136 valence electrons. The van der Waals surface area contributed by atoms with Crippen molar-refractivity contribution in [3.63, 3.8) is 0 Å². The summed E-state index contributed by atoms with van der Waals surface area (Å²) in [6, 6.07) is 14.1. The third-order valence-electron chi connectivity index (χ3n) is 4.53. The van der Waals surface area contributed by atoms with E-state index >= 15 is 0 Å². The zero-order valence-electron chi connectivity index (χ0n) is 14.3. The SMILES string of the molecule is CCc1cc(Cl)cc2c(Cl)c(-c3ccc(-c4ccccc4C(=O)O)[nH]3)oc12. The lowest BCUT2D eigenvalue weighted by Gasteiger charge is -2.03. The van der Waals surface area contributed by atoms with Gasteiger partial charge in [-0.1, -0.05) is 48.3 Å². The standard InChI is InChI=1S/C21H15Cl2NO3/c1-2-11-9-12(22)10-15-18(23)20(27-19(11)15)17-8-7-16(24-17)13-5-3-4-6-14(13)21(25)26/h3-10,24H,2H2,1H3,(H,25,26). The Bertz CT molecular complexity index is 1170. The molecule has 0 radical (unpaired) electrons. The predicted octanol–water partition coefficient (Wildman–Crippen LogP) is 6.66. The number of hydrogen-bond acceptors (Lipinski definition) is 2. The molecule has 0 bridgehead atoms. The molecule has 0 saturated carbocycles. The zero-order chi connectivity index (χ0) is 19.1. The molecule has 2 aromatic carbocycles. The molecule has 0 aliphatic carbocycles. The maximum absolute atomic E-state index is 11.5. The molecule has 0 unspecified atom stereocenters. The van der Waals surface area contributed by atoms with Gasteiger partial charge in [0.05, 0.1) is 16.3 Å². The lowest BCUT2D eigenvalue weighted by Crippen LogP contribution is -1.99. The zero-order valence-corrected chi connectivity index (χ0v) is 15.9. The van der Waals surface area contributed by atoms with Crippen LogP contribution in [0.1, 0.15) is 22.8 Å². The van der Waals surface area contributed by atoms with Crippen LogP contribution < -0.4 is 0 Å². The Morgan fingerprint density at radius 3 is 2.59 bits per heavy atom. The second-order valence-electron chi connectivity index (χ2n) is 6.18. The highest BCUT2D eigenvalue weighted by Gasteiger charge is 2.19. The van der Waals surface area contributed by atoms with Crippen LogP contribution in [0.15, 0.2) is 52.9 Å². The Morgan fingerprint density at radius 2 is 1.85 bits per heavy atom. The first-order valence-electron chi connectivity index (χ1n) is 8.42. The van der Waals surface area contributed by atoms with Gasteiger partial charge in [0, 0.05) is 21.7 Å². The van der Waals surface area contributed by atoms with Crippen LogP contribution in [0.4, 0.5) is 0 Å². The number of benzene rings is 2. The third kappa shape index (κ3) is 3.01. The van der Waals surface area contributed by atoms with Crippen molar-refractivity contribution in [3.8, 4) is 22.7 Å². The van der Waals surface area contributed by atoms with E-state index in [0.717, 1.165) is 17.4 Å². The van der Waals surface area contributed by atoms with Crippen molar-refractivity contribution in [2.24, 2.45) is 0 Å². The number of furan rings is 1. The summed E-state index contributed by atoms with van der Waals surface area (Å²) in [6.07, 6.45) is 0.766. The van der Waals surface area contributed by atoms with E-state index < -0.39 is 5.97 Å². The number of carboxylic acids is 1. The van der Waals surface area contributed by atoms with Gasteiger partial charge in [0.25, 0.3) is 0 Å². The molecule has 4 rings (SSSR count). The number of nitrogens with one attached hydrogen (secondary N) is 1. The molecule has 4 aromatic rings. The fourth-order valence-electron chi connectivity index (χ4n) is 3.23. The van der Waals surface area contributed by atoms with Gasteiger partial charge in [0.1, 0.15) is 5.58 Å². The van der Waals surface area contributed by atoms with Crippen LogP contribution in [0.25, 0.3) is 33.7 Å². The van der Waals surface area contributed by atoms with Gasteiger partial charge in [0.2, 0.25) is 0 Å². The number of aryl methyl sites for hydroxylation is 1. The van der Waals surface area contributed by atoms with Crippen molar-refractivity contribution in [2.45, 2.75) is 13.3 Å². The van der Waals surface area contributed by atoms with Crippen LogP contribution in [-0.2, 0) is 6.42 Å². The van der Waals surface area contributed by atoms with E-state index in [9.17, 15) is 9.90 Å². The number of aromatic nitrogens is 1. The van der Waals surface area contributed by atoms with E-state index in [-0.39, 0.29) is 5.56 Å². The molecule has 0 atom stereocenters. The van der Waals surface area contributed by atoms with Gasteiger partial charge < -0.3 is 14.5 Å². The Balaban J connectivity index is 1.85. The summed E-state index contributed by atoms with van der Waals surface area (Å²) in [5, 5.41) is 11.3.